The molecule has 0 atom stereocenters. The molecule has 0 aliphatic rings. The van der Waals surface area contributed by atoms with Gasteiger partial charge in [0.2, 0.25) is 0 Å². The van der Waals surface area contributed by atoms with Crippen LogP contribution in [0.15, 0.2) is 0 Å². The van der Waals surface area contributed by atoms with Gasteiger partial charge in [-0.2, -0.15) is 0 Å². The minimum absolute atomic E-state index is 0. The van der Waals surface area contributed by atoms with Gasteiger partial charge in [0, 0.05) is 29.5 Å². The Morgan fingerprint density at radius 2 is 0.429 bits per heavy atom. The van der Waals surface area contributed by atoms with Gasteiger partial charge in [0.25, 0.3) is 0 Å². The molecule has 0 radical (unpaired) electrons. The molecular formula is C8H24O8P4Ti. The Balaban J connectivity index is -0.0000000533. The molecule has 0 fully saturated rings. The Kier molecular flexibility index (Phi) is 22.4. The molecule has 0 aliphatic carbocycles. The van der Waals surface area contributed by atoms with Crippen molar-refractivity contribution in [2.75, 3.05) is 53.3 Å². The summed E-state index contributed by atoms with van der Waals surface area (Å²) in [5.41, 5.74) is 0. The summed E-state index contributed by atoms with van der Waals surface area (Å²) >= 11 is 0. The summed E-state index contributed by atoms with van der Waals surface area (Å²) < 4.78 is 38.6. The molecule has 0 spiro atoms. The Morgan fingerprint density at radius 3 is 0.429 bits per heavy atom. The van der Waals surface area contributed by atoms with Crippen LogP contribution < -0.4 is 19.6 Å². The second kappa shape index (κ2) is 13.9. The monoisotopic (exact) mass is 420 g/mol. The van der Waals surface area contributed by atoms with E-state index in [2.05, 4.69) is 0 Å². The maximum atomic E-state index is 9.66. The minimum atomic E-state index is -2.89. The summed E-state index contributed by atoms with van der Waals surface area (Å²) in [6, 6.07) is 0. The van der Waals surface area contributed by atoms with Crippen LogP contribution in [0, 0.1) is 0 Å². The third-order valence-electron chi connectivity index (χ3n) is 0. The average Bonchev–Trinajstić information content (AvgIpc) is 1.62. The molecule has 8 nitrogen and oxygen atoms in total. The average molecular weight is 420 g/mol. The Labute approximate surface area is 142 Å². The Hall–Kier alpha value is 1.47. The van der Waals surface area contributed by atoms with Crippen molar-refractivity contribution in [1.82, 2.24) is 0 Å². The molecule has 0 saturated heterocycles. The number of hydrogen-bond acceptors (Lipinski definition) is 8. The van der Waals surface area contributed by atoms with Crippen LogP contribution in [0.25, 0.3) is 0 Å². The van der Waals surface area contributed by atoms with E-state index < -0.39 is 29.5 Å². The molecule has 0 amide bonds. The fourth-order valence-electron chi connectivity index (χ4n) is 0. The smallest absolute Gasteiger partial charge is 0.800 e. The van der Waals surface area contributed by atoms with Gasteiger partial charge in [-0.3, -0.25) is 0 Å². The van der Waals surface area contributed by atoms with E-state index in [0.29, 0.717) is 0 Å². The van der Waals surface area contributed by atoms with Gasteiger partial charge in [-0.05, 0) is 53.3 Å². The van der Waals surface area contributed by atoms with Crippen molar-refractivity contribution in [1.29, 1.82) is 0 Å². The van der Waals surface area contributed by atoms with E-state index in [1.54, 1.807) is 0 Å². The van der Waals surface area contributed by atoms with E-state index >= 15 is 0 Å². The molecule has 0 aliphatic heterocycles. The third-order valence-corrected chi connectivity index (χ3v) is 0. The molecule has 0 unspecified atom stereocenters. The van der Waals surface area contributed by atoms with Gasteiger partial charge in [0.05, 0.1) is 0 Å². The van der Waals surface area contributed by atoms with Crippen LogP contribution in [-0.4, -0.2) is 53.3 Å². The minimum Gasteiger partial charge on any atom is -0.800 e. The maximum Gasteiger partial charge on any atom is 4.00 e. The molecule has 0 rings (SSSR count). The number of hydrogen-bond donors (Lipinski definition) is 0. The van der Waals surface area contributed by atoms with Crippen LogP contribution >= 0.6 is 29.5 Å². The van der Waals surface area contributed by atoms with Gasteiger partial charge in [0.15, 0.2) is 0 Å². The molecule has 0 aromatic heterocycles. The SMILES string of the molecule is CP(C)(=O)[O-].CP(C)(=O)[O-].CP(C)(=O)[O-].CP(C)(=O)[O-].[Ti+4]. The molecular weight excluding hydrogens is 396 g/mol. The van der Waals surface area contributed by atoms with Gasteiger partial charge < -0.3 is 37.8 Å². The van der Waals surface area contributed by atoms with E-state index in [-0.39, 0.29) is 21.7 Å². The zero-order valence-electron chi connectivity index (χ0n) is 13.6. The number of rotatable bonds is 0. The Bertz CT molecular complexity index is 301. The first-order chi connectivity index (χ1) is 8.00. The second-order valence-electron chi connectivity index (χ2n) is 5.01. The van der Waals surface area contributed by atoms with Crippen LogP contribution in [0.1, 0.15) is 0 Å². The van der Waals surface area contributed by atoms with E-state index in [1.807, 2.05) is 0 Å². The zero-order valence-corrected chi connectivity index (χ0v) is 18.7. The topological polar surface area (TPSA) is 161 Å². The van der Waals surface area contributed by atoms with E-state index in [1.165, 1.54) is 53.3 Å². The van der Waals surface area contributed by atoms with Gasteiger partial charge in [0.1, 0.15) is 0 Å². The van der Waals surface area contributed by atoms with Crippen molar-refractivity contribution in [2.45, 2.75) is 0 Å². The zero-order chi connectivity index (χ0) is 18.0. The molecule has 13 heteroatoms. The predicted molar refractivity (Wildman–Crippen MR) is 77.8 cm³/mol. The first-order valence-corrected chi connectivity index (χ1v) is 15.1. The van der Waals surface area contributed by atoms with E-state index in [9.17, 15) is 37.8 Å². The molecule has 0 N–H and O–H groups in total. The largest absolute Gasteiger partial charge is 4.00 e. The van der Waals surface area contributed by atoms with Crippen molar-refractivity contribution in [3.05, 3.63) is 0 Å². The van der Waals surface area contributed by atoms with Gasteiger partial charge in [-0.25, -0.2) is 0 Å². The summed E-state index contributed by atoms with van der Waals surface area (Å²) in [5.74, 6) is 0. The fraction of sp³-hybridized carbons (Fsp3) is 1.00. The van der Waals surface area contributed by atoms with Crippen LogP contribution in [0.3, 0.4) is 0 Å². The van der Waals surface area contributed by atoms with E-state index in [4.69, 9.17) is 0 Å². The maximum absolute atomic E-state index is 9.66. The molecule has 0 aromatic carbocycles. The standard InChI is InChI=1S/4C2H7O2P.Ti/c4*1-5(2,3)4;/h4*1-2H3,(H,3,4);/q;;;;+4/p-4. The molecule has 0 heterocycles. The summed E-state index contributed by atoms with van der Waals surface area (Å²) in [4.78, 5) is 38.6. The van der Waals surface area contributed by atoms with Crippen molar-refractivity contribution in [3.8, 4) is 0 Å². The molecule has 0 saturated carbocycles. The summed E-state index contributed by atoms with van der Waals surface area (Å²) in [6.45, 7) is 9.50. The van der Waals surface area contributed by atoms with Crippen molar-refractivity contribution >= 4 is 29.5 Å². The normalized spacial score (nSPS) is 11.2. The van der Waals surface area contributed by atoms with E-state index in [0.717, 1.165) is 0 Å². The summed E-state index contributed by atoms with van der Waals surface area (Å²) in [5, 5.41) is 0. The van der Waals surface area contributed by atoms with Crippen molar-refractivity contribution < 1.29 is 59.6 Å². The first-order valence-electron chi connectivity index (χ1n) is 5.04. The summed E-state index contributed by atoms with van der Waals surface area (Å²) in [7, 11) is -11.6. The molecule has 0 aromatic rings. The molecule has 128 valence electrons. The van der Waals surface area contributed by atoms with Gasteiger partial charge in [-0.1, -0.05) is 0 Å². The fourth-order valence-corrected chi connectivity index (χ4v) is 0. The van der Waals surface area contributed by atoms with Crippen molar-refractivity contribution in [2.24, 2.45) is 0 Å². The van der Waals surface area contributed by atoms with Crippen molar-refractivity contribution in [3.63, 3.8) is 0 Å². The van der Waals surface area contributed by atoms with Gasteiger partial charge >= 0.3 is 21.7 Å². The molecule has 21 heavy (non-hydrogen) atoms. The second-order valence-corrected chi connectivity index (χ2v) is 15.0. The molecule has 0 bridgehead atoms. The van der Waals surface area contributed by atoms with Crippen LogP contribution in [-0.2, 0) is 40.0 Å². The van der Waals surface area contributed by atoms with Crippen LogP contribution in [0.2, 0.25) is 0 Å². The van der Waals surface area contributed by atoms with Crippen LogP contribution in [0.4, 0.5) is 0 Å². The van der Waals surface area contributed by atoms with Crippen LogP contribution in [0.5, 0.6) is 0 Å². The quantitative estimate of drug-likeness (QED) is 0.376. The first kappa shape index (κ1) is 33.9. The van der Waals surface area contributed by atoms with Gasteiger partial charge in [-0.15, -0.1) is 0 Å². The summed E-state index contributed by atoms with van der Waals surface area (Å²) in [6.07, 6.45) is 0. The Morgan fingerprint density at radius 1 is 0.429 bits per heavy atom. The third kappa shape index (κ3) is 3750. The predicted octanol–water partition coefficient (Wildman–Crippen LogP) is -0.465.